The number of carbonyl (C=O) groups is 5. The highest BCUT2D eigenvalue weighted by molar-refractivity contribution is 6.25. The third-order valence-electron chi connectivity index (χ3n) is 6.12. The first kappa shape index (κ1) is 32.4. The van der Waals surface area contributed by atoms with Crippen LogP contribution < -0.4 is 18.9 Å². The monoisotopic (exact) mass is 587 g/mol. The van der Waals surface area contributed by atoms with Crippen molar-refractivity contribution in [3.8, 4) is 23.0 Å². The molecule has 0 N–H and O–H groups in total. The molecule has 0 fully saturated rings. The fraction of sp³-hybridized carbons (Fsp3) is 0.273. The van der Waals surface area contributed by atoms with Crippen LogP contribution in [0.1, 0.15) is 54.4 Å². The Bertz CT molecular complexity index is 1410. The number of unbranched alkanes of at least 4 members (excludes halogenated alkanes) is 2. The molecule has 0 unspecified atom stereocenters. The predicted octanol–water partition coefficient (Wildman–Crippen LogP) is 5.30. The van der Waals surface area contributed by atoms with Crippen molar-refractivity contribution in [1.82, 2.24) is 0 Å². The summed E-state index contributed by atoms with van der Waals surface area (Å²) >= 11 is 0. The fourth-order valence-corrected chi connectivity index (χ4v) is 3.78. The van der Waals surface area contributed by atoms with Crippen molar-refractivity contribution in [2.75, 3.05) is 20.3 Å². The molecule has 0 aliphatic carbocycles. The molecule has 0 saturated heterocycles. The summed E-state index contributed by atoms with van der Waals surface area (Å²) < 4.78 is 22.2. The SMILES string of the molecule is COc1cc(OC(=O)c2ccc(OCCCCC(=O)C=O)cc2)ccc1N=Cc1ccc(OCCCCC(=O)C=O)cc1. The van der Waals surface area contributed by atoms with E-state index in [4.69, 9.17) is 18.9 Å². The number of methoxy groups -OCH3 is 1. The van der Waals surface area contributed by atoms with Gasteiger partial charge in [-0.2, -0.15) is 0 Å². The lowest BCUT2D eigenvalue weighted by molar-refractivity contribution is -0.129. The average Bonchev–Trinajstić information content (AvgIpc) is 3.04. The summed E-state index contributed by atoms with van der Waals surface area (Å²) in [6.45, 7) is 0.837. The van der Waals surface area contributed by atoms with Crippen LogP contribution in [0.3, 0.4) is 0 Å². The smallest absolute Gasteiger partial charge is 0.343 e. The van der Waals surface area contributed by atoms with Crippen LogP contribution in [0.5, 0.6) is 23.0 Å². The molecule has 0 aliphatic rings. The molecule has 0 saturated carbocycles. The molecule has 0 bridgehead atoms. The van der Waals surface area contributed by atoms with Gasteiger partial charge in [-0.1, -0.05) is 0 Å². The van der Waals surface area contributed by atoms with Gasteiger partial charge in [0, 0.05) is 25.1 Å². The van der Waals surface area contributed by atoms with Crippen LogP contribution in [0, 0.1) is 0 Å². The molecule has 0 atom stereocenters. The number of ether oxygens (including phenoxy) is 4. The topological polar surface area (TPSA) is 135 Å². The number of hydrogen-bond donors (Lipinski definition) is 0. The van der Waals surface area contributed by atoms with Crippen molar-refractivity contribution in [2.24, 2.45) is 4.99 Å². The maximum Gasteiger partial charge on any atom is 0.343 e. The summed E-state index contributed by atoms with van der Waals surface area (Å²) in [5.74, 6) is 0.610. The molecule has 0 aliphatic heterocycles. The lowest BCUT2D eigenvalue weighted by Gasteiger charge is -2.09. The molecule has 10 heteroatoms. The second-order valence-electron chi connectivity index (χ2n) is 9.35. The van der Waals surface area contributed by atoms with Crippen LogP contribution in [-0.2, 0) is 19.2 Å². The zero-order valence-electron chi connectivity index (χ0n) is 23.9. The Kier molecular flexibility index (Phi) is 13.3. The molecule has 0 heterocycles. The van der Waals surface area contributed by atoms with Crippen molar-refractivity contribution in [2.45, 2.75) is 38.5 Å². The number of rotatable bonds is 19. The maximum absolute atomic E-state index is 12.6. The summed E-state index contributed by atoms with van der Waals surface area (Å²) in [5, 5.41) is 0. The molecule has 3 aromatic carbocycles. The normalized spacial score (nSPS) is 10.6. The van der Waals surface area contributed by atoms with Gasteiger partial charge in [-0.15, -0.1) is 0 Å². The molecule has 0 spiro atoms. The molecule has 3 aromatic rings. The van der Waals surface area contributed by atoms with Gasteiger partial charge < -0.3 is 18.9 Å². The number of carbonyl (C=O) groups excluding carboxylic acids is 5. The molecule has 0 amide bonds. The van der Waals surface area contributed by atoms with Crippen molar-refractivity contribution >= 4 is 42.0 Å². The molecule has 3 rings (SSSR count). The minimum atomic E-state index is -0.547. The van der Waals surface area contributed by atoms with E-state index in [2.05, 4.69) is 4.99 Å². The Labute approximate surface area is 249 Å². The van der Waals surface area contributed by atoms with Crippen LogP contribution >= 0.6 is 0 Å². The van der Waals surface area contributed by atoms with Gasteiger partial charge in [0.1, 0.15) is 28.7 Å². The third kappa shape index (κ3) is 11.3. The highest BCUT2D eigenvalue weighted by atomic mass is 16.5. The zero-order valence-corrected chi connectivity index (χ0v) is 23.9. The van der Waals surface area contributed by atoms with Gasteiger partial charge in [0.2, 0.25) is 0 Å². The van der Waals surface area contributed by atoms with E-state index in [1.165, 1.54) is 7.11 Å². The van der Waals surface area contributed by atoms with Crippen molar-refractivity contribution in [3.63, 3.8) is 0 Å². The molecule has 224 valence electrons. The minimum absolute atomic E-state index is 0.207. The van der Waals surface area contributed by atoms with Gasteiger partial charge in [0.15, 0.2) is 24.1 Å². The number of nitrogens with zero attached hydrogens (tertiary/aromatic N) is 1. The van der Waals surface area contributed by atoms with E-state index in [-0.39, 0.29) is 12.8 Å². The Morgan fingerprint density at radius 2 is 1.23 bits per heavy atom. The summed E-state index contributed by atoms with van der Waals surface area (Å²) in [4.78, 5) is 59.8. The van der Waals surface area contributed by atoms with E-state index in [1.54, 1.807) is 48.7 Å². The summed E-state index contributed by atoms with van der Waals surface area (Å²) in [5.41, 5.74) is 1.72. The largest absolute Gasteiger partial charge is 0.494 e. The molecule has 0 aromatic heterocycles. The first-order chi connectivity index (χ1) is 20.9. The second kappa shape index (κ2) is 17.6. The van der Waals surface area contributed by atoms with Crippen LogP contribution in [0.2, 0.25) is 0 Å². The summed E-state index contributed by atoms with van der Waals surface area (Å²) in [6.07, 6.45) is 5.25. The zero-order chi connectivity index (χ0) is 30.9. The number of ketones is 2. The number of aldehydes is 2. The molecular formula is C33H33NO9. The lowest BCUT2D eigenvalue weighted by atomic mass is 10.2. The quantitative estimate of drug-likeness (QED) is 0.0457. The number of aliphatic imine (C=N–C) groups is 1. The van der Waals surface area contributed by atoms with Gasteiger partial charge in [-0.25, -0.2) is 4.79 Å². The fourth-order valence-electron chi connectivity index (χ4n) is 3.78. The number of benzene rings is 3. The van der Waals surface area contributed by atoms with E-state index in [9.17, 15) is 24.0 Å². The molecule has 0 radical (unpaired) electrons. The van der Waals surface area contributed by atoms with E-state index in [0.717, 1.165) is 5.56 Å². The predicted molar refractivity (Wildman–Crippen MR) is 159 cm³/mol. The number of esters is 1. The minimum Gasteiger partial charge on any atom is -0.494 e. The highest BCUT2D eigenvalue weighted by Crippen LogP contribution is 2.32. The van der Waals surface area contributed by atoms with E-state index >= 15 is 0 Å². The Balaban J connectivity index is 1.48. The van der Waals surface area contributed by atoms with E-state index < -0.39 is 17.5 Å². The van der Waals surface area contributed by atoms with Crippen molar-refractivity contribution < 1.29 is 42.9 Å². The highest BCUT2D eigenvalue weighted by Gasteiger charge is 2.12. The van der Waals surface area contributed by atoms with Crippen LogP contribution in [0.4, 0.5) is 5.69 Å². The first-order valence-electron chi connectivity index (χ1n) is 13.8. The number of hydrogen-bond acceptors (Lipinski definition) is 10. The third-order valence-corrected chi connectivity index (χ3v) is 6.12. The van der Waals surface area contributed by atoms with Gasteiger partial charge >= 0.3 is 5.97 Å². The molecular weight excluding hydrogens is 554 g/mol. The Morgan fingerprint density at radius 3 is 1.77 bits per heavy atom. The van der Waals surface area contributed by atoms with Gasteiger partial charge in [0.25, 0.3) is 0 Å². The summed E-state index contributed by atoms with van der Waals surface area (Å²) in [7, 11) is 1.50. The van der Waals surface area contributed by atoms with Crippen molar-refractivity contribution in [3.05, 3.63) is 77.9 Å². The van der Waals surface area contributed by atoms with E-state index in [1.807, 2.05) is 24.3 Å². The van der Waals surface area contributed by atoms with Crippen LogP contribution in [-0.4, -0.2) is 56.6 Å². The Hall–Kier alpha value is -5.12. The lowest BCUT2D eigenvalue weighted by Crippen LogP contribution is -2.08. The Morgan fingerprint density at radius 1 is 0.698 bits per heavy atom. The van der Waals surface area contributed by atoms with E-state index in [0.29, 0.717) is 85.7 Å². The molecule has 10 nitrogen and oxygen atoms in total. The maximum atomic E-state index is 12.6. The van der Waals surface area contributed by atoms with Gasteiger partial charge in [-0.05, 0) is 91.9 Å². The van der Waals surface area contributed by atoms with Crippen molar-refractivity contribution in [1.29, 1.82) is 0 Å². The second-order valence-corrected chi connectivity index (χ2v) is 9.35. The average molecular weight is 588 g/mol. The summed E-state index contributed by atoms with van der Waals surface area (Å²) in [6, 6.07) is 18.7. The van der Waals surface area contributed by atoms with Crippen LogP contribution in [0.25, 0.3) is 0 Å². The first-order valence-corrected chi connectivity index (χ1v) is 13.8. The number of Topliss-reactive ketones (excluding diaryl/α,β-unsaturated/α-hetero) is 2. The molecule has 43 heavy (non-hydrogen) atoms. The standard InChI is InChI=1S/C33H33NO9/c1-40-32-20-30(43-33(39)25-10-14-29(15-11-25)42-19-5-3-7-27(38)23-36)16-17-31(32)34-21-24-8-12-28(13-9-24)41-18-4-2-6-26(37)22-35/h8-17,20-23H,2-7,18-19H2,1H3. The van der Waals surface area contributed by atoms with Crippen LogP contribution in [0.15, 0.2) is 71.7 Å². The van der Waals surface area contributed by atoms with Gasteiger partial charge in [-0.3, -0.25) is 24.2 Å². The van der Waals surface area contributed by atoms with Gasteiger partial charge in [0.05, 0.1) is 25.9 Å².